The van der Waals surface area contributed by atoms with E-state index in [0.717, 1.165) is 44.4 Å². The highest BCUT2D eigenvalue weighted by Gasteiger charge is 2.04. The van der Waals surface area contributed by atoms with E-state index in [9.17, 15) is 9.59 Å². The average Bonchev–Trinajstić information content (AvgIpc) is 2.94. The molecule has 0 aromatic heterocycles. The minimum absolute atomic E-state index is 0.0519. The fourth-order valence-corrected chi connectivity index (χ4v) is 4.78. The first-order valence-corrected chi connectivity index (χ1v) is 17.2. The third kappa shape index (κ3) is 31.0. The molecule has 0 spiro atoms. The monoisotopic (exact) mass is 562 g/mol. The smallest absolute Gasteiger partial charge is 0.306 e. The lowest BCUT2D eigenvalue weighted by molar-refractivity contribution is -0.144. The first-order valence-electron chi connectivity index (χ1n) is 17.2. The molecule has 0 saturated carbocycles. The Hall–Kier alpha value is -1.58. The summed E-state index contributed by atoms with van der Waals surface area (Å²) in [5, 5.41) is 0. The molecule has 0 saturated heterocycles. The van der Waals surface area contributed by atoms with Crippen molar-refractivity contribution in [3.05, 3.63) is 24.3 Å². The zero-order valence-electron chi connectivity index (χ0n) is 26.9. The predicted molar refractivity (Wildman–Crippen MR) is 172 cm³/mol. The number of unbranched alkanes of at least 4 members (excludes halogenated alkanes) is 14. The molecule has 0 fully saturated rings. The Balaban J connectivity index is 3.34. The summed E-state index contributed by atoms with van der Waals surface area (Å²) in [5.74, 6) is 0.731. The van der Waals surface area contributed by atoms with Crippen LogP contribution in [0.5, 0.6) is 0 Å². The maximum atomic E-state index is 11.7. The van der Waals surface area contributed by atoms with Gasteiger partial charge in [0.05, 0.1) is 13.2 Å². The number of hydrogen-bond acceptors (Lipinski definition) is 4. The second-order valence-corrected chi connectivity index (χ2v) is 11.7. The normalized spacial score (nSPS) is 11.7. The summed E-state index contributed by atoms with van der Waals surface area (Å²) < 4.78 is 10.7. The van der Waals surface area contributed by atoms with E-state index in [4.69, 9.17) is 9.47 Å². The molecule has 0 atom stereocenters. The molecule has 0 amide bonds. The number of esters is 2. The lowest BCUT2D eigenvalue weighted by atomic mass is 9.96. The number of rotatable bonds is 30. The molecule has 0 radical (unpaired) electrons. The van der Waals surface area contributed by atoms with Crippen LogP contribution in [-0.4, -0.2) is 25.2 Å². The molecule has 0 aliphatic heterocycles. The van der Waals surface area contributed by atoms with Crippen LogP contribution < -0.4 is 0 Å². The molecule has 0 aromatic rings. The summed E-state index contributed by atoms with van der Waals surface area (Å²) in [6.07, 6.45) is 35.8. The Morgan fingerprint density at radius 1 is 0.500 bits per heavy atom. The van der Waals surface area contributed by atoms with Crippen LogP contribution in [0.4, 0.5) is 0 Å². The van der Waals surface area contributed by atoms with Gasteiger partial charge in [0.25, 0.3) is 0 Å². The number of carbonyl (C=O) groups is 2. The summed E-state index contributed by atoms with van der Waals surface area (Å²) in [6.45, 7) is 7.96. The van der Waals surface area contributed by atoms with Crippen molar-refractivity contribution < 1.29 is 19.1 Å². The van der Waals surface area contributed by atoms with E-state index in [2.05, 4.69) is 45.1 Å². The molecule has 0 aromatic carbocycles. The minimum Gasteiger partial charge on any atom is -0.466 e. The van der Waals surface area contributed by atoms with Crippen molar-refractivity contribution in [3.63, 3.8) is 0 Å². The first-order chi connectivity index (χ1) is 19.6. The van der Waals surface area contributed by atoms with Gasteiger partial charge in [-0.25, -0.2) is 0 Å². The van der Waals surface area contributed by atoms with E-state index >= 15 is 0 Å². The summed E-state index contributed by atoms with van der Waals surface area (Å²) >= 11 is 0. The average molecular weight is 563 g/mol. The quantitative estimate of drug-likeness (QED) is 0.0496. The van der Waals surface area contributed by atoms with E-state index in [0.29, 0.717) is 26.1 Å². The van der Waals surface area contributed by atoms with Crippen LogP contribution in [0.1, 0.15) is 175 Å². The number of allylic oxidation sites excluding steroid dienone is 4. The number of carbonyl (C=O) groups excluding carboxylic acids is 2. The molecule has 234 valence electrons. The zero-order valence-corrected chi connectivity index (χ0v) is 26.9. The summed E-state index contributed by atoms with van der Waals surface area (Å²) in [6, 6.07) is 0. The van der Waals surface area contributed by atoms with Crippen molar-refractivity contribution in [2.75, 3.05) is 13.2 Å². The van der Waals surface area contributed by atoms with Crippen LogP contribution in [-0.2, 0) is 19.1 Å². The third-order valence-corrected chi connectivity index (χ3v) is 7.52. The number of hydrogen-bond donors (Lipinski definition) is 0. The Morgan fingerprint density at radius 3 is 1.25 bits per heavy atom. The van der Waals surface area contributed by atoms with Gasteiger partial charge in [0, 0.05) is 12.8 Å². The van der Waals surface area contributed by atoms with Gasteiger partial charge < -0.3 is 9.47 Å². The van der Waals surface area contributed by atoms with Gasteiger partial charge in [-0.1, -0.05) is 148 Å². The van der Waals surface area contributed by atoms with Crippen molar-refractivity contribution in [1.82, 2.24) is 0 Å². The first kappa shape index (κ1) is 38.4. The Labute approximate surface area is 249 Å². The molecule has 0 N–H and O–H groups in total. The van der Waals surface area contributed by atoms with Gasteiger partial charge in [0.1, 0.15) is 0 Å². The minimum atomic E-state index is -0.0519. The maximum absolute atomic E-state index is 11.7. The van der Waals surface area contributed by atoms with Crippen LogP contribution >= 0.6 is 0 Å². The topological polar surface area (TPSA) is 52.6 Å². The highest BCUT2D eigenvalue weighted by Crippen LogP contribution is 2.18. The van der Waals surface area contributed by atoms with Gasteiger partial charge in [-0.05, 0) is 44.4 Å². The molecular formula is C36H66O4. The van der Waals surface area contributed by atoms with Crippen molar-refractivity contribution in [2.45, 2.75) is 175 Å². The molecular weight excluding hydrogens is 496 g/mol. The highest BCUT2D eigenvalue weighted by atomic mass is 16.5. The largest absolute Gasteiger partial charge is 0.466 e. The lowest BCUT2D eigenvalue weighted by Crippen LogP contribution is -2.05. The second-order valence-electron chi connectivity index (χ2n) is 11.7. The van der Waals surface area contributed by atoms with Gasteiger partial charge in [0.15, 0.2) is 0 Å². The van der Waals surface area contributed by atoms with Crippen LogP contribution in [0.3, 0.4) is 0 Å². The van der Waals surface area contributed by atoms with Crippen LogP contribution in [0.15, 0.2) is 24.3 Å². The molecule has 0 heterocycles. The van der Waals surface area contributed by atoms with E-state index in [-0.39, 0.29) is 11.9 Å². The van der Waals surface area contributed by atoms with Crippen molar-refractivity contribution in [2.24, 2.45) is 5.92 Å². The van der Waals surface area contributed by atoms with Crippen LogP contribution in [0.2, 0.25) is 0 Å². The SMILES string of the molecule is CCCC/C=C\CCC(=O)OCCCCCCCCC(C)CCCCCCCCOC(=O)CC/C=C\CCCC. The summed E-state index contributed by atoms with van der Waals surface area (Å²) in [4.78, 5) is 23.5. The van der Waals surface area contributed by atoms with Gasteiger partial charge in [0.2, 0.25) is 0 Å². The maximum Gasteiger partial charge on any atom is 0.306 e. The molecule has 0 aliphatic rings. The van der Waals surface area contributed by atoms with Crippen LogP contribution in [0.25, 0.3) is 0 Å². The number of ether oxygens (including phenoxy) is 2. The van der Waals surface area contributed by atoms with Crippen LogP contribution in [0, 0.1) is 5.92 Å². The highest BCUT2D eigenvalue weighted by molar-refractivity contribution is 5.69. The molecule has 4 heteroatoms. The van der Waals surface area contributed by atoms with Crippen molar-refractivity contribution in [3.8, 4) is 0 Å². The van der Waals surface area contributed by atoms with E-state index in [1.54, 1.807) is 0 Å². The standard InChI is InChI=1S/C36H66O4/c1-4-6-8-10-18-24-30-35(37)39-32-26-20-14-12-16-22-28-34(3)29-23-17-13-15-21-27-33-40-36(38)31-25-19-11-9-7-5-2/h10-11,18-19,34H,4-9,12-17,20-33H2,1-3H3/b18-10-,19-11-. The van der Waals surface area contributed by atoms with E-state index in [1.165, 1.54) is 103 Å². The Kier molecular flexibility index (Phi) is 30.7. The van der Waals surface area contributed by atoms with Crippen molar-refractivity contribution >= 4 is 11.9 Å². The van der Waals surface area contributed by atoms with Gasteiger partial charge in [-0.2, -0.15) is 0 Å². The van der Waals surface area contributed by atoms with E-state index < -0.39 is 0 Å². The molecule has 0 rings (SSSR count). The van der Waals surface area contributed by atoms with Gasteiger partial charge in [-0.3, -0.25) is 9.59 Å². The summed E-state index contributed by atoms with van der Waals surface area (Å²) in [5.41, 5.74) is 0. The molecule has 40 heavy (non-hydrogen) atoms. The lowest BCUT2D eigenvalue weighted by Gasteiger charge is -2.11. The Bertz CT molecular complexity index is 558. The van der Waals surface area contributed by atoms with Gasteiger partial charge in [-0.15, -0.1) is 0 Å². The third-order valence-electron chi connectivity index (χ3n) is 7.52. The molecule has 0 unspecified atom stereocenters. The zero-order chi connectivity index (χ0) is 29.4. The molecule has 0 aliphatic carbocycles. The second kappa shape index (κ2) is 31.9. The molecule has 4 nitrogen and oxygen atoms in total. The van der Waals surface area contributed by atoms with E-state index in [1.807, 2.05) is 0 Å². The summed E-state index contributed by atoms with van der Waals surface area (Å²) in [7, 11) is 0. The predicted octanol–water partition coefficient (Wildman–Crippen LogP) is 11.2. The Morgan fingerprint density at radius 2 is 0.850 bits per heavy atom. The molecule has 0 bridgehead atoms. The fourth-order valence-electron chi connectivity index (χ4n) is 4.78. The van der Waals surface area contributed by atoms with Gasteiger partial charge >= 0.3 is 11.9 Å². The fraction of sp³-hybridized carbons (Fsp3) is 0.833. The van der Waals surface area contributed by atoms with Crippen molar-refractivity contribution in [1.29, 1.82) is 0 Å².